The number of thiophene rings is 1. The molecule has 1 amide bonds. The molecule has 2 aromatic rings. The molecule has 0 atom stereocenters. The molecule has 1 N–H and O–H groups in total. The number of rotatable bonds is 1. The molecule has 13 heavy (non-hydrogen) atoms. The molecule has 0 aliphatic rings. The Labute approximate surface area is 80.0 Å². The van der Waals surface area contributed by atoms with E-state index in [9.17, 15) is 4.79 Å². The van der Waals surface area contributed by atoms with Gasteiger partial charge in [0.2, 0.25) is 0 Å². The number of amides is 1. The Kier molecular flexibility index (Phi) is 1.84. The summed E-state index contributed by atoms with van der Waals surface area (Å²) in [5.74, 6) is -0.0362. The molecule has 0 bridgehead atoms. The van der Waals surface area contributed by atoms with Gasteiger partial charge in [0.1, 0.15) is 10.5 Å². The van der Waals surface area contributed by atoms with Crippen LogP contribution >= 0.6 is 11.3 Å². The lowest BCUT2D eigenvalue weighted by atomic mass is 10.3. The van der Waals surface area contributed by atoms with Crippen molar-refractivity contribution in [1.82, 2.24) is 9.88 Å². The second-order valence-electron chi connectivity index (χ2n) is 2.85. The van der Waals surface area contributed by atoms with E-state index in [1.807, 2.05) is 29.1 Å². The smallest absolute Gasteiger partial charge is 0.267 e. The quantitative estimate of drug-likeness (QED) is 0.735. The van der Waals surface area contributed by atoms with Crippen molar-refractivity contribution in [1.29, 1.82) is 0 Å². The van der Waals surface area contributed by atoms with Crippen LogP contribution in [0.3, 0.4) is 0 Å². The third-order valence-corrected chi connectivity index (χ3v) is 3.10. The van der Waals surface area contributed by atoms with E-state index in [0.717, 1.165) is 10.2 Å². The van der Waals surface area contributed by atoms with E-state index in [4.69, 9.17) is 0 Å². The van der Waals surface area contributed by atoms with Crippen LogP contribution in [0.1, 0.15) is 10.5 Å². The van der Waals surface area contributed by atoms with E-state index in [0.29, 0.717) is 5.69 Å². The summed E-state index contributed by atoms with van der Waals surface area (Å²) in [5, 5.41) is 5.77. The first-order chi connectivity index (χ1) is 6.24. The van der Waals surface area contributed by atoms with E-state index in [1.165, 1.54) is 0 Å². The standard InChI is InChI=1S/C9H10N2OS/c1-10-8(12)7-5-6-3-4-13-9(6)11(7)2/h3-5H,1-2H3,(H,10,12). The largest absolute Gasteiger partial charge is 0.354 e. The van der Waals surface area contributed by atoms with Crippen LogP contribution in [-0.4, -0.2) is 17.5 Å². The van der Waals surface area contributed by atoms with E-state index >= 15 is 0 Å². The van der Waals surface area contributed by atoms with Crippen molar-refractivity contribution in [2.45, 2.75) is 0 Å². The zero-order valence-electron chi connectivity index (χ0n) is 7.50. The van der Waals surface area contributed by atoms with Crippen molar-refractivity contribution in [3.63, 3.8) is 0 Å². The normalized spacial score (nSPS) is 10.6. The van der Waals surface area contributed by atoms with Gasteiger partial charge in [-0.25, -0.2) is 0 Å². The first kappa shape index (κ1) is 8.31. The Morgan fingerprint density at radius 3 is 3.00 bits per heavy atom. The Bertz CT molecular complexity index is 455. The molecule has 0 aliphatic carbocycles. The van der Waals surface area contributed by atoms with E-state index in [1.54, 1.807) is 18.4 Å². The van der Waals surface area contributed by atoms with Gasteiger partial charge in [-0.3, -0.25) is 4.79 Å². The maximum absolute atomic E-state index is 11.4. The highest BCUT2D eigenvalue weighted by molar-refractivity contribution is 7.16. The molecule has 0 saturated heterocycles. The molecule has 0 saturated carbocycles. The fourth-order valence-corrected chi connectivity index (χ4v) is 2.26. The summed E-state index contributed by atoms with van der Waals surface area (Å²) in [7, 11) is 3.55. The number of nitrogens with zero attached hydrogens (tertiary/aromatic N) is 1. The Morgan fingerprint density at radius 2 is 2.38 bits per heavy atom. The van der Waals surface area contributed by atoms with Crippen LogP contribution in [0.5, 0.6) is 0 Å². The van der Waals surface area contributed by atoms with Crippen molar-refractivity contribution in [3.8, 4) is 0 Å². The fourth-order valence-electron chi connectivity index (χ4n) is 1.39. The van der Waals surface area contributed by atoms with Crippen LogP contribution in [0.25, 0.3) is 10.2 Å². The van der Waals surface area contributed by atoms with E-state index < -0.39 is 0 Å². The summed E-state index contributed by atoms with van der Waals surface area (Å²) in [6, 6.07) is 3.93. The molecular weight excluding hydrogens is 184 g/mol. The molecule has 0 spiro atoms. The minimum atomic E-state index is -0.0362. The lowest BCUT2D eigenvalue weighted by molar-refractivity contribution is 0.0955. The molecular formula is C9H10N2OS. The minimum absolute atomic E-state index is 0.0362. The second-order valence-corrected chi connectivity index (χ2v) is 3.74. The molecule has 2 rings (SSSR count). The molecule has 2 aromatic heterocycles. The summed E-state index contributed by atoms with van der Waals surface area (Å²) in [4.78, 5) is 12.5. The molecule has 0 aromatic carbocycles. The van der Waals surface area contributed by atoms with Crippen molar-refractivity contribution < 1.29 is 4.79 Å². The highest BCUT2D eigenvalue weighted by atomic mass is 32.1. The maximum Gasteiger partial charge on any atom is 0.267 e. The Balaban J connectivity index is 2.64. The van der Waals surface area contributed by atoms with Crippen LogP contribution in [0.15, 0.2) is 17.5 Å². The molecule has 0 aliphatic heterocycles. The summed E-state index contributed by atoms with van der Waals surface area (Å²) in [6.45, 7) is 0. The van der Waals surface area contributed by atoms with Crippen molar-refractivity contribution in [2.24, 2.45) is 7.05 Å². The maximum atomic E-state index is 11.4. The van der Waals surface area contributed by atoms with Gasteiger partial charge in [-0.05, 0) is 17.5 Å². The first-order valence-electron chi connectivity index (χ1n) is 3.99. The monoisotopic (exact) mass is 194 g/mol. The van der Waals surface area contributed by atoms with Gasteiger partial charge in [-0.1, -0.05) is 0 Å². The fraction of sp³-hybridized carbons (Fsp3) is 0.222. The van der Waals surface area contributed by atoms with Gasteiger partial charge in [0, 0.05) is 19.5 Å². The molecule has 2 heterocycles. The number of aryl methyl sites for hydroxylation is 1. The number of fused-ring (bicyclic) bond motifs is 1. The zero-order chi connectivity index (χ0) is 9.42. The summed E-state index contributed by atoms with van der Waals surface area (Å²) < 4.78 is 1.92. The zero-order valence-corrected chi connectivity index (χ0v) is 8.31. The Morgan fingerprint density at radius 1 is 1.62 bits per heavy atom. The lowest BCUT2D eigenvalue weighted by Gasteiger charge is -2.00. The molecule has 4 heteroatoms. The second kappa shape index (κ2) is 2.88. The summed E-state index contributed by atoms with van der Waals surface area (Å²) in [6.07, 6.45) is 0. The van der Waals surface area contributed by atoms with Gasteiger partial charge < -0.3 is 9.88 Å². The number of carbonyl (C=O) groups is 1. The number of aromatic nitrogens is 1. The molecule has 3 nitrogen and oxygen atoms in total. The van der Waals surface area contributed by atoms with Gasteiger partial charge in [-0.2, -0.15) is 0 Å². The number of carbonyl (C=O) groups excluding carboxylic acids is 1. The number of nitrogens with one attached hydrogen (secondary N) is 1. The van der Waals surface area contributed by atoms with E-state index in [-0.39, 0.29) is 5.91 Å². The van der Waals surface area contributed by atoms with Gasteiger partial charge in [0.25, 0.3) is 5.91 Å². The third kappa shape index (κ3) is 1.14. The number of hydrogen-bond donors (Lipinski definition) is 1. The van der Waals surface area contributed by atoms with Crippen LogP contribution in [0, 0.1) is 0 Å². The van der Waals surface area contributed by atoms with Crippen LogP contribution in [0.4, 0.5) is 0 Å². The van der Waals surface area contributed by atoms with Gasteiger partial charge in [-0.15, -0.1) is 11.3 Å². The van der Waals surface area contributed by atoms with Crippen molar-refractivity contribution >= 4 is 27.5 Å². The third-order valence-electron chi connectivity index (χ3n) is 2.09. The van der Waals surface area contributed by atoms with Gasteiger partial charge >= 0.3 is 0 Å². The first-order valence-corrected chi connectivity index (χ1v) is 4.87. The summed E-state index contributed by atoms with van der Waals surface area (Å²) in [5.41, 5.74) is 0.712. The van der Waals surface area contributed by atoms with Crippen LogP contribution in [-0.2, 0) is 7.05 Å². The topological polar surface area (TPSA) is 34.0 Å². The molecule has 0 unspecified atom stereocenters. The minimum Gasteiger partial charge on any atom is -0.354 e. The predicted octanol–water partition coefficient (Wildman–Crippen LogP) is 1.60. The molecule has 0 fully saturated rings. The summed E-state index contributed by atoms with van der Waals surface area (Å²) >= 11 is 1.65. The Hall–Kier alpha value is -1.29. The molecule has 0 radical (unpaired) electrons. The SMILES string of the molecule is CNC(=O)c1cc2ccsc2n1C. The van der Waals surface area contributed by atoms with Gasteiger partial charge in [0.05, 0.1) is 0 Å². The highest BCUT2D eigenvalue weighted by Gasteiger charge is 2.11. The number of hydrogen-bond acceptors (Lipinski definition) is 2. The van der Waals surface area contributed by atoms with Crippen molar-refractivity contribution in [2.75, 3.05) is 7.05 Å². The predicted molar refractivity (Wildman–Crippen MR) is 54.2 cm³/mol. The average molecular weight is 194 g/mol. The van der Waals surface area contributed by atoms with Crippen LogP contribution in [0.2, 0.25) is 0 Å². The van der Waals surface area contributed by atoms with Crippen molar-refractivity contribution in [3.05, 3.63) is 23.2 Å². The van der Waals surface area contributed by atoms with Crippen LogP contribution < -0.4 is 5.32 Å². The average Bonchev–Trinajstić information content (AvgIpc) is 2.68. The van der Waals surface area contributed by atoms with Gasteiger partial charge in [0.15, 0.2) is 0 Å². The van der Waals surface area contributed by atoms with E-state index in [2.05, 4.69) is 5.32 Å². The highest BCUT2D eigenvalue weighted by Crippen LogP contribution is 2.23. The lowest BCUT2D eigenvalue weighted by Crippen LogP contribution is -2.20. The molecule has 68 valence electrons.